The van der Waals surface area contributed by atoms with Crippen LogP contribution in [0.2, 0.25) is 5.02 Å². The molecule has 2 aromatic rings. The average molecular weight is 387 g/mol. The second-order valence-electron chi connectivity index (χ2n) is 5.57. The van der Waals surface area contributed by atoms with Gasteiger partial charge in [0.2, 0.25) is 17.6 Å². The Morgan fingerprint density at radius 3 is 2.60 bits per heavy atom. The van der Waals surface area contributed by atoms with Crippen LogP contribution in [0.1, 0.15) is 38.0 Å². The van der Waals surface area contributed by atoms with Gasteiger partial charge in [0.25, 0.3) is 0 Å². The summed E-state index contributed by atoms with van der Waals surface area (Å²) < 4.78 is 5.20. The number of rotatable bonds is 10. The molecule has 0 unspecified atom stereocenters. The normalized spacial score (nSPS) is 10.3. The van der Waals surface area contributed by atoms with E-state index in [9.17, 15) is 4.79 Å². The SMILES string of the molecule is Cl.NCCCCCCC(=O)NCCc1nc(-c2ccc(Cl)cc2)no1. The second kappa shape index (κ2) is 11.8. The highest BCUT2D eigenvalue weighted by atomic mass is 35.5. The monoisotopic (exact) mass is 386 g/mol. The predicted octanol–water partition coefficient (Wildman–Crippen LogP) is 3.38. The van der Waals surface area contributed by atoms with Crippen molar-refractivity contribution in [3.05, 3.63) is 35.2 Å². The second-order valence-corrected chi connectivity index (χ2v) is 6.01. The van der Waals surface area contributed by atoms with E-state index in [4.69, 9.17) is 21.9 Å². The van der Waals surface area contributed by atoms with Gasteiger partial charge in [0.05, 0.1) is 0 Å². The Hall–Kier alpha value is -1.63. The first kappa shape index (κ1) is 21.4. The molecule has 0 fully saturated rings. The van der Waals surface area contributed by atoms with Crippen LogP contribution in [0.3, 0.4) is 0 Å². The molecule has 25 heavy (non-hydrogen) atoms. The highest BCUT2D eigenvalue weighted by Crippen LogP contribution is 2.18. The highest BCUT2D eigenvalue weighted by molar-refractivity contribution is 6.30. The predicted molar refractivity (Wildman–Crippen MR) is 101 cm³/mol. The van der Waals surface area contributed by atoms with Crippen LogP contribution in [0.15, 0.2) is 28.8 Å². The first-order valence-corrected chi connectivity index (χ1v) is 8.62. The molecule has 0 aliphatic rings. The molecule has 0 radical (unpaired) electrons. The third kappa shape index (κ3) is 7.86. The van der Waals surface area contributed by atoms with Gasteiger partial charge in [-0.1, -0.05) is 29.6 Å². The molecule has 1 amide bonds. The van der Waals surface area contributed by atoms with Crippen LogP contribution >= 0.6 is 24.0 Å². The Bertz CT molecular complexity index is 632. The summed E-state index contributed by atoms with van der Waals surface area (Å²) in [4.78, 5) is 16.0. The van der Waals surface area contributed by atoms with Gasteiger partial charge in [-0.2, -0.15) is 4.98 Å². The Kier molecular flexibility index (Phi) is 10.1. The van der Waals surface area contributed by atoms with E-state index in [1.807, 2.05) is 12.1 Å². The van der Waals surface area contributed by atoms with Gasteiger partial charge in [0, 0.05) is 30.0 Å². The van der Waals surface area contributed by atoms with Crippen LogP contribution in [-0.2, 0) is 11.2 Å². The van der Waals surface area contributed by atoms with Crippen LogP contribution in [-0.4, -0.2) is 29.1 Å². The lowest BCUT2D eigenvalue weighted by Crippen LogP contribution is -2.25. The number of nitrogens with two attached hydrogens (primary N) is 1. The fourth-order valence-electron chi connectivity index (χ4n) is 2.25. The van der Waals surface area contributed by atoms with Gasteiger partial charge >= 0.3 is 0 Å². The van der Waals surface area contributed by atoms with E-state index in [-0.39, 0.29) is 18.3 Å². The van der Waals surface area contributed by atoms with Gasteiger partial charge in [0.1, 0.15) is 0 Å². The third-order valence-electron chi connectivity index (χ3n) is 3.59. The van der Waals surface area contributed by atoms with Gasteiger partial charge in [-0.3, -0.25) is 4.79 Å². The minimum atomic E-state index is 0. The standard InChI is InChI=1S/C17H23ClN4O2.ClH/c18-14-8-6-13(7-9-14)17-21-16(24-22-17)10-12-20-15(23)5-3-1-2-4-11-19;/h6-9H,1-5,10-12,19H2,(H,20,23);1H. The summed E-state index contributed by atoms with van der Waals surface area (Å²) >= 11 is 5.85. The summed E-state index contributed by atoms with van der Waals surface area (Å²) in [5, 5.41) is 7.47. The maximum Gasteiger partial charge on any atom is 0.228 e. The zero-order valence-corrected chi connectivity index (χ0v) is 15.6. The van der Waals surface area contributed by atoms with Gasteiger partial charge in [-0.05, 0) is 43.7 Å². The van der Waals surface area contributed by atoms with Crippen molar-refractivity contribution >= 4 is 29.9 Å². The smallest absolute Gasteiger partial charge is 0.228 e. The summed E-state index contributed by atoms with van der Waals surface area (Å²) in [6.07, 6.45) is 5.10. The lowest BCUT2D eigenvalue weighted by atomic mass is 10.1. The number of hydrogen-bond donors (Lipinski definition) is 2. The van der Waals surface area contributed by atoms with E-state index < -0.39 is 0 Å². The van der Waals surface area contributed by atoms with Crippen LogP contribution < -0.4 is 11.1 Å². The molecular weight excluding hydrogens is 363 g/mol. The molecule has 138 valence electrons. The van der Waals surface area contributed by atoms with Crippen molar-refractivity contribution in [2.45, 2.75) is 38.5 Å². The lowest BCUT2D eigenvalue weighted by molar-refractivity contribution is -0.121. The first-order chi connectivity index (χ1) is 11.7. The molecule has 0 saturated heterocycles. The average Bonchev–Trinajstić information content (AvgIpc) is 3.04. The fraction of sp³-hybridized carbons (Fsp3) is 0.471. The first-order valence-electron chi connectivity index (χ1n) is 8.24. The summed E-state index contributed by atoms with van der Waals surface area (Å²) in [5.41, 5.74) is 6.28. The van der Waals surface area contributed by atoms with Gasteiger partial charge < -0.3 is 15.6 Å². The maximum atomic E-state index is 11.7. The molecule has 1 aromatic carbocycles. The third-order valence-corrected chi connectivity index (χ3v) is 3.84. The molecule has 3 N–H and O–H groups in total. The zero-order valence-electron chi connectivity index (χ0n) is 14.0. The van der Waals surface area contributed by atoms with Crippen molar-refractivity contribution in [2.24, 2.45) is 5.73 Å². The van der Waals surface area contributed by atoms with Gasteiger partial charge in [-0.15, -0.1) is 12.4 Å². The number of carbonyl (C=O) groups is 1. The molecule has 8 heteroatoms. The summed E-state index contributed by atoms with van der Waals surface area (Å²) in [7, 11) is 0. The van der Waals surface area contributed by atoms with Crippen molar-refractivity contribution in [3.8, 4) is 11.4 Å². The largest absolute Gasteiger partial charge is 0.356 e. The maximum absolute atomic E-state index is 11.7. The number of halogens is 2. The number of hydrogen-bond acceptors (Lipinski definition) is 5. The molecule has 0 saturated carbocycles. The molecular formula is C17H24Cl2N4O2. The van der Waals surface area contributed by atoms with Crippen molar-refractivity contribution in [3.63, 3.8) is 0 Å². The van der Waals surface area contributed by atoms with E-state index in [2.05, 4.69) is 15.5 Å². The molecule has 0 aliphatic heterocycles. The van der Waals surface area contributed by atoms with Crippen molar-refractivity contribution < 1.29 is 9.32 Å². The van der Waals surface area contributed by atoms with Crippen LogP contribution in [0.5, 0.6) is 0 Å². The Morgan fingerprint density at radius 1 is 1.16 bits per heavy atom. The number of benzene rings is 1. The molecule has 6 nitrogen and oxygen atoms in total. The summed E-state index contributed by atoms with van der Waals surface area (Å²) in [6.45, 7) is 1.21. The number of aromatic nitrogens is 2. The van der Waals surface area contributed by atoms with Crippen LogP contribution in [0, 0.1) is 0 Å². The van der Waals surface area contributed by atoms with Gasteiger partial charge in [0.15, 0.2) is 0 Å². The Morgan fingerprint density at radius 2 is 1.88 bits per heavy atom. The lowest BCUT2D eigenvalue weighted by Gasteiger charge is -2.03. The molecule has 0 aliphatic carbocycles. The molecule has 2 rings (SSSR count). The Balaban J connectivity index is 0.00000312. The molecule has 0 spiro atoms. The number of nitrogens with zero attached hydrogens (tertiary/aromatic N) is 2. The van der Waals surface area contributed by atoms with E-state index in [0.29, 0.717) is 42.7 Å². The molecule has 0 bridgehead atoms. The summed E-state index contributed by atoms with van der Waals surface area (Å²) in [5.74, 6) is 1.08. The van der Waals surface area contributed by atoms with Crippen molar-refractivity contribution in [1.29, 1.82) is 0 Å². The fourth-order valence-corrected chi connectivity index (χ4v) is 2.38. The number of amides is 1. The number of nitrogens with one attached hydrogen (secondary N) is 1. The molecule has 1 aromatic heterocycles. The Labute approximate surface area is 158 Å². The minimum absolute atomic E-state index is 0. The van der Waals surface area contributed by atoms with E-state index in [0.717, 1.165) is 31.2 Å². The van der Waals surface area contributed by atoms with Crippen molar-refractivity contribution in [2.75, 3.05) is 13.1 Å². The number of carbonyl (C=O) groups excluding carboxylic acids is 1. The van der Waals surface area contributed by atoms with Crippen LogP contribution in [0.25, 0.3) is 11.4 Å². The van der Waals surface area contributed by atoms with E-state index in [1.54, 1.807) is 12.1 Å². The minimum Gasteiger partial charge on any atom is -0.356 e. The quantitative estimate of drug-likeness (QED) is 0.610. The number of unbranched alkanes of at least 4 members (excludes halogenated alkanes) is 3. The van der Waals surface area contributed by atoms with Crippen molar-refractivity contribution in [1.82, 2.24) is 15.5 Å². The summed E-state index contributed by atoms with van der Waals surface area (Å²) in [6, 6.07) is 7.23. The van der Waals surface area contributed by atoms with E-state index >= 15 is 0 Å². The molecule has 1 heterocycles. The highest BCUT2D eigenvalue weighted by Gasteiger charge is 2.09. The topological polar surface area (TPSA) is 94.0 Å². The van der Waals surface area contributed by atoms with E-state index in [1.165, 1.54) is 0 Å². The zero-order chi connectivity index (χ0) is 17.2. The van der Waals surface area contributed by atoms with Crippen LogP contribution in [0.4, 0.5) is 0 Å². The van der Waals surface area contributed by atoms with Gasteiger partial charge in [-0.25, -0.2) is 0 Å². The molecule has 0 atom stereocenters.